The van der Waals surface area contributed by atoms with Crippen LogP contribution in [-0.2, 0) is 4.79 Å². The van der Waals surface area contributed by atoms with Crippen molar-refractivity contribution in [1.29, 1.82) is 0 Å². The molecule has 14 heavy (non-hydrogen) atoms. The van der Waals surface area contributed by atoms with E-state index < -0.39 is 0 Å². The normalized spacial score (nSPS) is 21.0. The van der Waals surface area contributed by atoms with E-state index in [9.17, 15) is 4.79 Å². The number of hydrogen-bond acceptors (Lipinski definition) is 1. The van der Waals surface area contributed by atoms with Crippen LogP contribution in [0.3, 0.4) is 0 Å². The van der Waals surface area contributed by atoms with Gasteiger partial charge in [0.15, 0.2) is 0 Å². The van der Waals surface area contributed by atoms with Crippen molar-refractivity contribution in [3.8, 4) is 0 Å². The average Bonchev–Trinajstić information content (AvgIpc) is 2.57. The first-order valence-corrected chi connectivity index (χ1v) is 5.52. The van der Waals surface area contributed by atoms with Crippen LogP contribution in [0.2, 0.25) is 0 Å². The number of hydrogen-bond donors (Lipinski definition) is 1. The summed E-state index contributed by atoms with van der Waals surface area (Å²) < 4.78 is 1.11. The van der Waals surface area contributed by atoms with Gasteiger partial charge >= 0.3 is 0 Å². The van der Waals surface area contributed by atoms with Gasteiger partial charge in [-0.3, -0.25) is 4.79 Å². The van der Waals surface area contributed by atoms with Gasteiger partial charge in [0.05, 0.1) is 6.04 Å². The monoisotopic (exact) mass is 253 g/mol. The number of nitrogens with one attached hydrogen (secondary N) is 1. The molecule has 1 amide bonds. The van der Waals surface area contributed by atoms with E-state index in [1.165, 1.54) is 11.1 Å². The van der Waals surface area contributed by atoms with Crippen LogP contribution in [0.15, 0.2) is 22.7 Å². The predicted molar refractivity (Wildman–Crippen MR) is 59.0 cm³/mol. The molecule has 0 aliphatic carbocycles. The largest absolute Gasteiger partial charge is 0.349 e. The third-order valence-corrected chi connectivity index (χ3v) is 3.54. The summed E-state index contributed by atoms with van der Waals surface area (Å²) in [5.74, 6) is 0.161. The molecule has 1 saturated heterocycles. The molecule has 0 spiro atoms. The van der Waals surface area contributed by atoms with E-state index in [1.807, 2.05) is 12.1 Å². The first kappa shape index (κ1) is 9.71. The van der Waals surface area contributed by atoms with Crippen LogP contribution in [0.5, 0.6) is 0 Å². The van der Waals surface area contributed by atoms with Crippen molar-refractivity contribution >= 4 is 21.8 Å². The Hall–Kier alpha value is -0.830. The maximum Gasteiger partial charge on any atom is 0.220 e. The van der Waals surface area contributed by atoms with Crippen LogP contribution in [0.25, 0.3) is 0 Å². The second-order valence-corrected chi connectivity index (χ2v) is 4.47. The summed E-state index contributed by atoms with van der Waals surface area (Å²) in [7, 11) is 0. The molecule has 2 rings (SSSR count). The minimum Gasteiger partial charge on any atom is -0.349 e. The predicted octanol–water partition coefficient (Wildman–Crippen LogP) is 2.71. The second kappa shape index (κ2) is 3.73. The highest BCUT2D eigenvalue weighted by molar-refractivity contribution is 9.10. The van der Waals surface area contributed by atoms with E-state index in [2.05, 4.69) is 34.2 Å². The first-order valence-electron chi connectivity index (χ1n) is 4.73. The molecule has 1 N–H and O–H groups in total. The molecule has 1 aromatic carbocycles. The van der Waals surface area contributed by atoms with Gasteiger partial charge in [-0.15, -0.1) is 0 Å². The van der Waals surface area contributed by atoms with Gasteiger partial charge in [-0.1, -0.05) is 28.1 Å². The van der Waals surface area contributed by atoms with Gasteiger partial charge in [0.1, 0.15) is 0 Å². The summed E-state index contributed by atoms with van der Waals surface area (Å²) in [6, 6.07) is 6.32. The molecule has 1 aliphatic heterocycles. The van der Waals surface area contributed by atoms with Gasteiger partial charge in [-0.25, -0.2) is 0 Å². The standard InChI is InChI=1S/C11H12BrNO/c1-7-8(3-2-4-9(7)12)10-5-6-11(14)13-10/h2-4,10H,5-6H2,1H3,(H,13,14)/t10-/m1/s1. The second-order valence-electron chi connectivity index (χ2n) is 3.61. The van der Waals surface area contributed by atoms with Gasteiger partial charge in [0.2, 0.25) is 5.91 Å². The molecule has 0 bridgehead atoms. The number of benzene rings is 1. The summed E-state index contributed by atoms with van der Waals surface area (Å²) in [6.07, 6.45) is 1.56. The molecule has 1 aliphatic rings. The smallest absolute Gasteiger partial charge is 0.220 e. The van der Waals surface area contributed by atoms with Gasteiger partial charge in [-0.2, -0.15) is 0 Å². The van der Waals surface area contributed by atoms with Crippen LogP contribution in [0.1, 0.15) is 30.0 Å². The quantitative estimate of drug-likeness (QED) is 0.820. The molecule has 2 nitrogen and oxygen atoms in total. The fourth-order valence-corrected chi connectivity index (χ4v) is 2.23. The highest BCUT2D eigenvalue weighted by Gasteiger charge is 2.23. The lowest BCUT2D eigenvalue weighted by Gasteiger charge is -2.14. The zero-order valence-corrected chi connectivity index (χ0v) is 9.60. The third-order valence-electron chi connectivity index (χ3n) is 2.68. The molecule has 1 heterocycles. The number of amides is 1. The molecule has 3 heteroatoms. The van der Waals surface area contributed by atoms with Crippen LogP contribution in [0, 0.1) is 6.92 Å². The summed E-state index contributed by atoms with van der Waals surface area (Å²) in [6.45, 7) is 2.07. The Morgan fingerprint density at radius 2 is 2.29 bits per heavy atom. The summed E-state index contributed by atoms with van der Waals surface area (Å²) in [5, 5.41) is 2.98. The molecule has 1 atom stereocenters. The molecule has 0 saturated carbocycles. The molecular weight excluding hydrogens is 242 g/mol. The molecule has 74 valence electrons. The number of carbonyl (C=O) groups excluding carboxylic acids is 1. The Bertz CT molecular complexity index is 376. The van der Waals surface area contributed by atoms with Crippen LogP contribution >= 0.6 is 15.9 Å². The Balaban J connectivity index is 2.32. The van der Waals surface area contributed by atoms with E-state index >= 15 is 0 Å². The summed E-state index contributed by atoms with van der Waals surface area (Å²) in [5.41, 5.74) is 2.45. The minimum atomic E-state index is 0.161. The minimum absolute atomic E-state index is 0.161. The van der Waals surface area contributed by atoms with Crippen molar-refractivity contribution in [3.63, 3.8) is 0 Å². The zero-order chi connectivity index (χ0) is 10.1. The van der Waals surface area contributed by atoms with E-state index in [0.29, 0.717) is 6.42 Å². The first-order chi connectivity index (χ1) is 6.68. The number of rotatable bonds is 1. The fourth-order valence-electron chi connectivity index (χ4n) is 1.85. The maximum atomic E-state index is 11.1. The van der Waals surface area contributed by atoms with Crippen LogP contribution in [0.4, 0.5) is 0 Å². The van der Waals surface area contributed by atoms with Crippen molar-refractivity contribution in [2.45, 2.75) is 25.8 Å². The zero-order valence-electron chi connectivity index (χ0n) is 8.01. The molecule has 0 radical (unpaired) electrons. The molecule has 0 unspecified atom stereocenters. The molecule has 0 aromatic heterocycles. The lowest BCUT2D eigenvalue weighted by Crippen LogP contribution is -2.18. The highest BCUT2D eigenvalue weighted by atomic mass is 79.9. The van der Waals surface area contributed by atoms with E-state index in [-0.39, 0.29) is 11.9 Å². The topological polar surface area (TPSA) is 29.1 Å². The Labute approximate surface area is 91.8 Å². The Kier molecular flexibility index (Phi) is 2.59. The lowest BCUT2D eigenvalue weighted by molar-refractivity contribution is -0.119. The summed E-state index contributed by atoms with van der Waals surface area (Å²) in [4.78, 5) is 11.1. The van der Waals surface area contributed by atoms with E-state index in [1.54, 1.807) is 0 Å². The van der Waals surface area contributed by atoms with Crippen molar-refractivity contribution in [2.24, 2.45) is 0 Å². The van der Waals surface area contributed by atoms with Gasteiger partial charge in [0.25, 0.3) is 0 Å². The lowest BCUT2D eigenvalue weighted by atomic mass is 10.0. The van der Waals surface area contributed by atoms with Crippen molar-refractivity contribution in [3.05, 3.63) is 33.8 Å². The van der Waals surface area contributed by atoms with E-state index in [4.69, 9.17) is 0 Å². The van der Waals surface area contributed by atoms with Crippen LogP contribution < -0.4 is 5.32 Å². The fraction of sp³-hybridized carbons (Fsp3) is 0.364. The van der Waals surface area contributed by atoms with E-state index in [0.717, 1.165) is 10.9 Å². The van der Waals surface area contributed by atoms with Crippen LogP contribution in [-0.4, -0.2) is 5.91 Å². The third kappa shape index (κ3) is 1.69. The molecule has 1 aromatic rings. The Morgan fingerprint density at radius 3 is 2.93 bits per heavy atom. The van der Waals surface area contributed by atoms with Crippen molar-refractivity contribution in [2.75, 3.05) is 0 Å². The molecule has 1 fully saturated rings. The van der Waals surface area contributed by atoms with Crippen molar-refractivity contribution in [1.82, 2.24) is 5.32 Å². The van der Waals surface area contributed by atoms with Gasteiger partial charge in [0, 0.05) is 10.9 Å². The van der Waals surface area contributed by atoms with Crippen molar-refractivity contribution < 1.29 is 4.79 Å². The highest BCUT2D eigenvalue weighted by Crippen LogP contribution is 2.29. The number of halogens is 1. The maximum absolute atomic E-state index is 11.1. The Morgan fingerprint density at radius 1 is 1.50 bits per heavy atom. The SMILES string of the molecule is Cc1c(Br)cccc1[C@H]1CCC(=O)N1. The average molecular weight is 254 g/mol. The van der Waals surface area contributed by atoms with Gasteiger partial charge in [-0.05, 0) is 30.5 Å². The van der Waals surface area contributed by atoms with Gasteiger partial charge < -0.3 is 5.32 Å². The summed E-state index contributed by atoms with van der Waals surface area (Å²) >= 11 is 3.50. The number of carbonyl (C=O) groups is 1. The molecular formula is C11H12BrNO.